The molecule has 0 aliphatic heterocycles. The van der Waals surface area contributed by atoms with Gasteiger partial charge in [-0.15, -0.1) is 0 Å². The lowest BCUT2D eigenvalue weighted by Crippen LogP contribution is -2.16. The van der Waals surface area contributed by atoms with Crippen molar-refractivity contribution in [3.8, 4) is 5.69 Å². The second-order valence-electron chi connectivity index (χ2n) is 4.82. The molecule has 0 unspecified atom stereocenters. The fraction of sp³-hybridized carbons (Fsp3) is 0. The Labute approximate surface area is 135 Å². The summed E-state index contributed by atoms with van der Waals surface area (Å²) in [6.45, 7) is 0. The van der Waals surface area contributed by atoms with E-state index in [1.807, 2.05) is 6.07 Å². The fourth-order valence-electron chi connectivity index (χ4n) is 2.14. The third-order valence-electron chi connectivity index (χ3n) is 3.29. The highest BCUT2D eigenvalue weighted by atomic mass is 16.6. The van der Waals surface area contributed by atoms with E-state index in [-0.39, 0.29) is 17.1 Å². The summed E-state index contributed by atoms with van der Waals surface area (Å²) in [5.74, 6) is -0.672. The van der Waals surface area contributed by atoms with E-state index in [4.69, 9.17) is 5.73 Å². The molecule has 9 nitrogen and oxygen atoms in total. The summed E-state index contributed by atoms with van der Waals surface area (Å²) < 4.78 is 1.73. The van der Waals surface area contributed by atoms with E-state index in [1.165, 1.54) is 0 Å². The van der Waals surface area contributed by atoms with E-state index in [0.717, 1.165) is 12.3 Å². The summed E-state index contributed by atoms with van der Waals surface area (Å²) >= 11 is 0. The molecule has 24 heavy (non-hydrogen) atoms. The van der Waals surface area contributed by atoms with Gasteiger partial charge in [0.05, 0.1) is 28.2 Å². The van der Waals surface area contributed by atoms with Crippen molar-refractivity contribution in [3.63, 3.8) is 0 Å². The van der Waals surface area contributed by atoms with Crippen LogP contribution in [0.5, 0.6) is 0 Å². The maximum atomic E-state index is 12.5. The molecule has 1 aromatic carbocycles. The third kappa shape index (κ3) is 2.90. The molecule has 0 saturated carbocycles. The van der Waals surface area contributed by atoms with E-state index < -0.39 is 10.8 Å². The highest BCUT2D eigenvalue weighted by Crippen LogP contribution is 2.22. The van der Waals surface area contributed by atoms with Gasteiger partial charge in [-0.2, -0.15) is 0 Å². The fourth-order valence-corrected chi connectivity index (χ4v) is 2.14. The SMILES string of the molecule is Nc1ncc([N+](=O)[O-])cc1C(=O)Nc1ccccc1-n1ccnc1. The van der Waals surface area contributed by atoms with Gasteiger partial charge in [-0.1, -0.05) is 12.1 Å². The summed E-state index contributed by atoms with van der Waals surface area (Å²) in [5, 5.41) is 13.5. The van der Waals surface area contributed by atoms with Crippen LogP contribution in [0.15, 0.2) is 55.2 Å². The summed E-state index contributed by atoms with van der Waals surface area (Å²) in [6.07, 6.45) is 5.94. The van der Waals surface area contributed by atoms with Crippen molar-refractivity contribution in [1.29, 1.82) is 0 Å². The highest BCUT2D eigenvalue weighted by molar-refractivity contribution is 6.08. The van der Waals surface area contributed by atoms with E-state index in [9.17, 15) is 14.9 Å². The first-order valence-electron chi connectivity index (χ1n) is 6.85. The number of nitrogens with zero attached hydrogens (tertiary/aromatic N) is 4. The molecule has 0 spiro atoms. The molecule has 2 heterocycles. The summed E-state index contributed by atoms with van der Waals surface area (Å²) in [4.78, 5) is 30.3. The number of hydrogen-bond acceptors (Lipinski definition) is 6. The van der Waals surface area contributed by atoms with Crippen LogP contribution in [0.25, 0.3) is 5.69 Å². The standard InChI is InChI=1S/C15H12N6O3/c16-14-11(7-10(8-18-14)21(23)24)15(22)19-12-3-1-2-4-13(12)20-6-5-17-9-20/h1-9H,(H2,16,18)(H,19,22). The number of anilines is 2. The topological polar surface area (TPSA) is 129 Å². The van der Waals surface area contributed by atoms with Gasteiger partial charge in [0.1, 0.15) is 12.0 Å². The largest absolute Gasteiger partial charge is 0.383 e. The Morgan fingerprint density at radius 1 is 1.33 bits per heavy atom. The smallest absolute Gasteiger partial charge is 0.288 e. The Morgan fingerprint density at radius 2 is 2.12 bits per heavy atom. The lowest BCUT2D eigenvalue weighted by atomic mass is 10.2. The van der Waals surface area contributed by atoms with Gasteiger partial charge in [0.15, 0.2) is 0 Å². The minimum atomic E-state index is -0.636. The molecule has 0 fully saturated rings. The van der Waals surface area contributed by atoms with Gasteiger partial charge in [-0.3, -0.25) is 14.9 Å². The second kappa shape index (κ2) is 6.16. The maximum Gasteiger partial charge on any atom is 0.288 e. The number of nitrogen functional groups attached to an aromatic ring is 1. The monoisotopic (exact) mass is 324 g/mol. The van der Waals surface area contributed by atoms with Gasteiger partial charge in [0.25, 0.3) is 11.6 Å². The van der Waals surface area contributed by atoms with E-state index in [1.54, 1.807) is 41.5 Å². The van der Waals surface area contributed by atoms with Crippen LogP contribution in [0.2, 0.25) is 0 Å². The van der Waals surface area contributed by atoms with E-state index >= 15 is 0 Å². The molecule has 0 bridgehead atoms. The highest BCUT2D eigenvalue weighted by Gasteiger charge is 2.18. The van der Waals surface area contributed by atoms with Gasteiger partial charge in [0, 0.05) is 18.5 Å². The van der Waals surface area contributed by atoms with Crippen LogP contribution in [0.1, 0.15) is 10.4 Å². The first-order chi connectivity index (χ1) is 11.6. The van der Waals surface area contributed by atoms with Crippen molar-refractivity contribution in [2.75, 3.05) is 11.1 Å². The average Bonchev–Trinajstić information content (AvgIpc) is 3.09. The van der Waals surface area contributed by atoms with Crippen LogP contribution >= 0.6 is 0 Å². The first-order valence-corrected chi connectivity index (χ1v) is 6.85. The number of imidazole rings is 1. The summed E-state index contributed by atoms with van der Waals surface area (Å²) in [7, 11) is 0. The normalized spacial score (nSPS) is 10.3. The quantitative estimate of drug-likeness (QED) is 0.558. The van der Waals surface area contributed by atoms with Crippen LogP contribution in [-0.2, 0) is 0 Å². The molecule has 120 valence electrons. The van der Waals surface area contributed by atoms with Crippen LogP contribution in [-0.4, -0.2) is 25.4 Å². The van der Waals surface area contributed by atoms with E-state index in [2.05, 4.69) is 15.3 Å². The van der Waals surface area contributed by atoms with Crippen LogP contribution in [0.4, 0.5) is 17.2 Å². The predicted octanol–water partition coefficient (Wildman–Crippen LogP) is 2.01. The molecule has 3 N–H and O–H groups in total. The zero-order valence-electron chi connectivity index (χ0n) is 12.3. The minimum absolute atomic E-state index is 0.0652. The Balaban J connectivity index is 1.94. The molecule has 0 saturated heterocycles. The third-order valence-corrected chi connectivity index (χ3v) is 3.29. The number of hydrogen-bond donors (Lipinski definition) is 2. The number of carbonyl (C=O) groups is 1. The number of benzene rings is 1. The van der Waals surface area contributed by atoms with Crippen LogP contribution < -0.4 is 11.1 Å². The average molecular weight is 324 g/mol. The first kappa shape index (κ1) is 15.2. The Hall–Kier alpha value is -3.75. The number of aromatic nitrogens is 3. The molecule has 3 rings (SSSR count). The molecule has 1 amide bonds. The molecular weight excluding hydrogens is 312 g/mol. The Morgan fingerprint density at radius 3 is 2.83 bits per heavy atom. The van der Waals surface area contributed by atoms with Gasteiger partial charge in [-0.25, -0.2) is 9.97 Å². The number of nitro groups is 1. The zero-order chi connectivity index (χ0) is 17.1. The molecule has 3 aromatic rings. The number of rotatable bonds is 4. The van der Waals surface area contributed by atoms with Gasteiger partial charge >= 0.3 is 0 Å². The lowest BCUT2D eigenvalue weighted by molar-refractivity contribution is -0.385. The Bertz CT molecular complexity index is 907. The number of amides is 1. The Kier molecular flexibility index (Phi) is 3.89. The van der Waals surface area contributed by atoms with Crippen LogP contribution in [0, 0.1) is 10.1 Å². The van der Waals surface area contributed by atoms with E-state index in [0.29, 0.717) is 11.4 Å². The summed E-state index contributed by atoms with van der Waals surface area (Å²) in [5.41, 5.74) is 6.49. The van der Waals surface area contributed by atoms with Crippen molar-refractivity contribution in [3.05, 3.63) is 70.9 Å². The minimum Gasteiger partial charge on any atom is -0.383 e. The summed E-state index contributed by atoms with van der Waals surface area (Å²) in [6, 6.07) is 8.16. The van der Waals surface area contributed by atoms with Crippen molar-refractivity contribution >= 4 is 23.1 Å². The molecular formula is C15H12N6O3. The van der Waals surface area contributed by atoms with Crippen molar-refractivity contribution in [2.24, 2.45) is 0 Å². The van der Waals surface area contributed by atoms with Crippen molar-refractivity contribution in [1.82, 2.24) is 14.5 Å². The van der Waals surface area contributed by atoms with Crippen molar-refractivity contribution < 1.29 is 9.72 Å². The van der Waals surface area contributed by atoms with Gasteiger partial charge in [0.2, 0.25) is 0 Å². The number of nitrogens with two attached hydrogens (primary N) is 1. The predicted molar refractivity (Wildman–Crippen MR) is 86.8 cm³/mol. The van der Waals surface area contributed by atoms with Crippen LogP contribution in [0.3, 0.4) is 0 Å². The second-order valence-corrected chi connectivity index (χ2v) is 4.82. The maximum absolute atomic E-state index is 12.5. The molecule has 0 radical (unpaired) electrons. The molecule has 2 aromatic heterocycles. The number of carbonyl (C=O) groups excluding carboxylic acids is 1. The molecule has 0 atom stereocenters. The molecule has 0 aliphatic carbocycles. The zero-order valence-corrected chi connectivity index (χ0v) is 12.3. The van der Waals surface area contributed by atoms with Gasteiger partial charge in [-0.05, 0) is 12.1 Å². The van der Waals surface area contributed by atoms with Crippen molar-refractivity contribution in [2.45, 2.75) is 0 Å². The molecule has 9 heteroatoms. The number of para-hydroxylation sites is 2. The molecule has 0 aliphatic rings. The number of nitrogens with one attached hydrogen (secondary N) is 1. The number of pyridine rings is 1. The van der Waals surface area contributed by atoms with Gasteiger partial charge < -0.3 is 15.6 Å². The lowest BCUT2D eigenvalue weighted by Gasteiger charge is -2.12.